The molecule has 1 heterocycles. The largest absolute Gasteiger partial charge is 0.514 e. The van der Waals surface area contributed by atoms with Gasteiger partial charge in [-0.3, -0.25) is 0 Å². The van der Waals surface area contributed by atoms with Gasteiger partial charge in [-0.05, 0) is 6.92 Å². The Morgan fingerprint density at radius 3 is 2.27 bits per heavy atom. The molecule has 0 aromatic carbocycles. The lowest BCUT2D eigenvalue weighted by molar-refractivity contribution is 0.0467. The van der Waals surface area contributed by atoms with Gasteiger partial charge in [-0.25, -0.2) is 4.79 Å². The average molecular weight is 156 g/mol. The molecule has 1 aliphatic rings. The van der Waals surface area contributed by atoms with Gasteiger partial charge < -0.3 is 9.47 Å². The summed E-state index contributed by atoms with van der Waals surface area (Å²) in [6.45, 7) is 9.31. The van der Waals surface area contributed by atoms with Crippen LogP contribution in [0.25, 0.3) is 0 Å². The molecule has 62 valence electrons. The van der Waals surface area contributed by atoms with E-state index < -0.39 is 11.8 Å². The first-order chi connectivity index (χ1) is 4.97. The van der Waals surface area contributed by atoms with E-state index in [1.165, 1.54) is 0 Å². The van der Waals surface area contributed by atoms with E-state index in [0.29, 0.717) is 5.76 Å². The van der Waals surface area contributed by atoms with Crippen molar-refractivity contribution in [2.45, 2.75) is 26.4 Å². The second kappa shape index (κ2) is 2.26. The molecule has 3 heteroatoms. The van der Waals surface area contributed by atoms with Crippen molar-refractivity contribution < 1.29 is 14.3 Å². The number of carbonyl (C=O) groups is 1. The van der Waals surface area contributed by atoms with E-state index in [1.807, 2.05) is 13.8 Å². The lowest BCUT2D eigenvalue weighted by atomic mass is 9.91. The van der Waals surface area contributed by atoms with Crippen LogP contribution in [0.4, 0.5) is 4.79 Å². The highest BCUT2D eigenvalue weighted by Gasteiger charge is 2.44. The Bertz CT molecular complexity index is 207. The number of rotatable bonds is 1. The summed E-state index contributed by atoms with van der Waals surface area (Å²) in [5.41, 5.74) is -0.642. The number of ether oxygens (including phenoxy) is 2. The molecule has 11 heavy (non-hydrogen) atoms. The van der Waals surface area contributed by atoms with Crippen molar-refractivity contribution in [3.05, 3.63) is 12.3 Å². The van der Waals surface area contributed by atoms with Crippen LogP contribution >= 0.6 is 0 Å². The maximum atomic E-state index is 10.7. The molecule has 1 saturated heterocycles. The highest BCUT2D eigenvalue weighted by Crippen LogP contribution is 2.35. The van der Waals surface area contributed by atoms with Crippen LogP contribution in [0, 0.1) is 5.92 Å². The molecule has 0 aromatic heterocycles. The van der Waals surface area contributed by atoms with Crippen LogP contribution in [0.1, 0.15) is 20.8 Å². The maximum absolute atomic E-state index is 10.7. The van der Waals surface area contributed by atoms with E-state index in [0.717, 1.165) is 0 Å². The summed E-state index contributed by atoms with van der Waals surface area (Å²) < 4.78 is 9.64. The first-order valence-electron chi connectivity index (χ1n) is 3.57. The summed E-state index contributed by atoms with van der Waals surface area (Å²) in [4.78, 5) is 10.7. The Morgan fingerprint density at radius 2 is 2.09 bits per heavy atom. The smallest absolute Gasteiger partial charge is 0.419 e. The minimum atomic E-state index is -0.647. The fourth-order valence-electron chi connectivity index (χ4n) is 0.893. The van der Waals surface area contributed by atoms with E-state index in [1.54, 1.807) is 6.92 Å². The molecule has 0 amide bonds. The Morgan fingerprint density at radius 1 is 1.55 bits per heavy atom. The van der Waals surface area contributed by atoms with E-state index in [-0.39, 0.29) is 5.92 Å². The molecule has 0 radical (unpaired) electrons. The highest BCUT2D eigenvalue weighted by atomic mass is 16.8. The standard InChI is InChI=1S/C8H12O3/c1-5(2)8(4)6(3)10-7(9)11-8/h5H,3H2,1-2,4H3. The summed E-state index contributed by atoms with van der Waals surface area (Å²) in [6, 6.07) is 0. The van der Waals surface area contributed by atoms with E-state index in [9.17, 15) is 4.79 Å². The quantitative estimate of drug-likeness (QED) is 0.545. The van der Waals surface area contributed by atoms with Crippen LogP contribution in [0.2, 0.25) is 0 Å². The van der Waals surface area contributed by atoms with Crippen molar-refractivity contribution in [3.8, 4) is 0 Å². The third-order valence-corrected chi connectivity index (χ3v) is 2.16. The summed E-state index contributed by atoms with van der Waals surface area (Å²) in [6.07, 6.45) is -0.647. The third-order valence-electron chi connectivity index (χ3n) is 2.16. The minimum Gasteiger partial charge on any atom is -0.419 e. The lowest BCUT2D eigenvalue weighted by Crippen LogP contribution is -2.32. The van der Waals surface area contributed by atoms with Gasteiger partial charge in [-0.2, -0.15) is 0 Å². The molecule has 1 unspecified atom stereocenters. The van der Waals surface area contributed by atoms with Crippen molar-refractivity contribution >= 4 is 6.16 Å². The van der Waals surface area contributed by atoms with Gasteiger partial charge in [0.05, 0.1) is 0 Å². The van der Waals surface area contributed by atoms with E-state index >= 15 is 0 Å². The molecule has 1 rings (SSSR count). The van der Waals surface area contributed by atoms with Crippen LogP contribution in [0.3, 0.4) is 0 Å². The fraction of sp³-hybridized carbons (Fsp3) is 0.625. The molecule has 0 N–H and O–H groups in total. The summed E-state index contributed by atoms with van der Waals surface area (Å²) in [5.74, 6) is 0.582. The van der Waals surface area contributed by atoms with Crippen LogP contribution in [-0.4, -0.2) is 11.8 Å². The minimum absolute atomic E-state index is 0.182. The number of hydrogen-bond donors (Lipinski definition) is 0. The second-order valence-corrected chi connectivity index (χ2v) is 3.14. The predicted molar refractivity (Wildman–Crippen MR) is 39.9 cm³/mol. The molecule has 0 saturated carbocycles. The van der Waals surface area contributed by atoms with Crippen LogP contribution in [0.5, 0.6) is 0 Å². The molecule has 3 nitrogen and oxygen atoms in total. The van der Waals surface area contributed by atoms with Crippen molar-refractivity contribution in [1.29, 1.82) is 0 Å². The molecule has 0 aliphatic carbocycles. The molecular weight excluding hydrogens is 144 g/mol. The maximum Gasteiger partial charge on any atom is 0.514 e. The summed E-state index contributed by atoms with van der Waals surface area (Å²) >= 11 is 0. The van der Waals surface area contributed by atoms with Crippen LogP contribution < -0.4 is 0 Å². The normalized spacial score (nSPS) is 30.5. The predicted octanol–water partition coefficient (Wildman–Crippen LogP) is 2.08. The van der Waals surface area contributed by atoms with E-state index in [4.69, 9.17) is 4.74 Å². The van der Waals surface area contributed by atoms with Gasteiger partial charge in [-0.15, -0.1) is 0 Å². The van der Waals surface area contributed by atoms with Gasteiger partial charge >= 0.3 is 6.16 Å². The Hall–Kier alpha value is -0.990. The Labute approximate surface area is 66.0 Å². The molecule has 0 spiro atoms. The summed E-state index contributed by atoms with van der Waals surface area (Å²) in [5, 5.41) is 0. The van der Waals surface area contributed by atoms with Gasteiger partial charge in [0, 0.05) is 5.92 Å². The van der Waals surface area contributed by atoms with Crippen LogP contribution in [-0.2, 0) is 9.47 Å². The zero-order valence-corrected chi connectivity index (χ0v) is 7.01. The molecule has 1 fully saturated rings. The van der Waals surface area contributed by atoms with Crippen molar-refractivity contribution in [3.63, 3.8) is 0 Å². The highest BCUT2D eigenvalue weighted by molar-refractivity contribution is 5.66. The zero-order chi connectivity index (χ0) is 8.65. The first-order valence-corrected chi connectivity index (χ1v) is 3.57. The van der Waals surface area contributed by atoms with Crippen molar-refractivity contribution in [2.24, 2.45) is 5.92 Å². The lowest BCUT2D eigenvalue weighted by Gasteiger charge is -2.24. The number of carbonyl (C=O) groups excluding carboxylic acids is 1. The monoisotopic (exact) mass is 156 g/mol. The summed E-state index contributed by atoms with van der Waals surface area (Å²) in [7, 11) is 0. The topological polar surface area (TPSA) is 35.5 Å². The second-order valence-electron chi connectivity index (χ2n) is 3.14. The van der Waals surface area contributed by atoms with Crippen molar-refractivity contribution in [1.82, 2.24) is 0 Å². The van der Waals surface area contributed by atoms with Gasteiger partial charge in [0.15, 0.2) is 5.60 Å². The molecule has 1 atom stereocenters. The van der Waals surface area contributed by atoms with Gasteiger partial charge in [-0.1, -0.05) is 20.4 Å². The van der Waals surface area contributed by atoms with Crippen LogP contribution in [0.15, 0.2) is 12.3 Å². The van der Waals surface area contributed by atoms with Gasteiger partial charge in [0.1, 0.15) is 5.76 Å². The number of hydrogen-bond acceptors (Lipinski definition) is 3. The fourth-order valence-corrected chi connectivity index (χ4v) is 0.893. The molecular formula is C8H12O3. The van der Waals surface area contributed by atoms with Gasteiger partial charge in [0.2, 0.25) is 0 Å². The molecule has 0 bridgehead atoms. The SMILES string of the molecule is C=C1OC(=O)OC1(C)C(C)C. The zero-order valence-electron chi connectivity index (χ0n) is 7.01. The Balaban J connectivity index is 2.87. The average Bonchev–Trinajstić information content (AvgIpc) is 2.08. The van der Waals surface area contributed by atoms with E-state index in [2.05, 4.69) is 11.3 Å². The number of cyclic esters (lactones) is 2. The van der Waals surface area contributed by atoms with Gasteiger partial charge in [0.25, 0.3) is 0 Å². The molecule has 1 aliphatic heterocycles. The Kier molecular flexibility index (Phi) is 1.66. The van der Waals surface area contributed by atoms with Crippen molar-refractivity contribution in [2.75, 3.05) is 0 Å². The first kappa shape index (κ1) is 8.11. The third kappa shape index (κ3) is 1.11. The molecule has 0 aromatic rings.